The first kappa shape index (κ1) is 25.0. The highest BCUT2D eigenvalue weighted by Gasteiger charge is 2.47. The number of halogens is 10. The minimum atomic E-state index is -5.83. The van der Waals surface area contributed by atoms with Crippen molar-refractivity contribution < 1.29 is 49.4 Å². The van der Waals surface area contributed by atoms with Gasteiger partial charge in [0.25, 0.3) is 11.4 Å². The first-order valence-electron chi connectivity index (χ1n) is 7.63. The van der Waals surface area contributed by atoms with E-state index in [0.717, 1.165) is 0 Å². The third kappa shape index (κ3) is 4.95. The molecule has 0 aliphatic carbocycles. The fraction of sp³-hybridized carbons (Fsp3) is 0.200. The van der Waals surface area contributed by atoms with Crippen molar-refractivity contribution in [2.45, 2.75) is 18.5 Å². The zero-order chi connectivity index (χ0) is 24.8. The van der Waals surface area contributed by atoms with E-state index in [9.17, 15) is 59.7 Å². The van der Waals surface area contributed by atoms with Gasteiger partial charge < -0.3 is 5.32 Å². The van der Waals surface area contributed by atoms with Crippen LogP contribution in [0.4, 0.5) is 62.3 Å². The maximum absolute atomic E-state index is 13.4. The van der Waals surface area contributed by atoms with E-state index in [0.29, 0.717) is 0 Å². The van der Waals surface area contributed by atoms with Gasteiger partial charge in [-0.05, 0) is 12.1 Å². The summed E-state index contributed by atoms with van der Waals surface area (Å²) in [7, 11) is 0. The highest BCUT2D eigenvalue weighted by Crippen LogP contribution is 2.50. The van der Waals surface area contributed by atoms with E-state index in [2.05, 4.69) is 0 Å². The molecule has 174 valence electrons. The molecule has 0 unspecified atom stereocenters. The molecule has 0 heterocycles. The number of nitro groups is 2. The summed E-state index contributed by atoms with van der Waals surface area (Å²) in [6, 6.07) is 0.298. The number of hydrogen-bond donors (Lipinski definition) is 1. The third-order valence-electron chi connectivity index (χ3n) is 3.80. The van der Waals surface area contributed by atoms with Crippen LogP contribution in [0.15, 0.2) is 24.3 Å². The highest BCUT2D eigenvalue weighted by atomic mass is 35.5. The Morgan fingerprint density at radius 3 is 1.72 bits per heavy atom. The Kier molecular flexibility index (Phi) is 6.24. The molecule has 17 heteroatoms. The average molecular weight is 498 g/mol. The summed E-state index contributed by atoms with van der Waals surface area (Å²) >= 11 is 5.23. The molecule has 0 aromatic heterocycles. The first-order valence-corrected chi connectivity index (χ1v) is 8.01. The lowest BCUT2D eigenvalue weighted by Crippen LogP contribution is -2.20. The number of rotatable bonds is 4. The quantitative estimate of drug-likeness (QED) is 0.280. The fourth-order valence-corrected chi connectivity index (χ4v) is 2.87. The number of non-ortho nitro benzene ring substituents is 1. The summed E-state index contributed by atoms with van der Waals surface area (Å²) in [5, 5.41) is 21.9. The number of nitrogens with one attached hydrogen (secondary N) is 1. The predicted molar refractivity (Wildman–Crippen MR) is 89.5 cm³/mol. The molecule has 0 saturated carbocycles. The van der Waals surface area contributed by atoms with Crippen LogP contribution in [-0.4, -0.2) is 9.85 Å². The molecule has 1 N–H and O–H groups in total. The Morgan fingerprint density at radius 1 is 0.781 bits per heavy atom. The van der Waals surface area contributed by atoms with Crippen molar-refractivity contribution in [2.24, 2.45) is 0 Å². The van der Waals surface area contributed by atoms with Crippen molar-refractivity contribution in [1.82, 2.24) is 0 Å². The lowest BCUT2D eigenvalue weighted by molar-refractivity contribution is -0.394. The Hall–Kier alpha value is -3.30. The molecule has 0 radical (unpaired) electrons. The largest absolute Gasteiger partial charge is 0.419 e. The Labute approximate surface area is 174 Å². The minimum Gasteiger partial charge on any atom is -0.349 e. The summed E-state index contributed by atoms with van der Waals surface area (Å²) in [6.07, 6.45) is -17.1. The normalized spacial score (nSPS) is 12.6. The molecule has 0 fully saturated rings. The van der Waals surface area contributed by atoms with Crippen molar-refractivity contribution in [3.8, 4) is 0 Å². The molecule has 2 aromatic carbocycles. The van der Waals surface area contributed by atoms with Gasteiger partial charge in [0.1, 0.15) is 5.69 Å². The zero-order valence-electron chi connectivity index (χ0n) is 14.6. The molecule has 0 aliphatic heterocycles. The topological polar surface area (TPSA) is 98.3 Å². The van der Waals surface area contributed by atoms with E-state index in [4.69, 9.17) is 11.6 Å². The van der Waals surface area contributed by atoms with Crippen molar-refractivity contribution in [3.63, 3.8) is 0 Å². The van der Waals surface area contributed by atoms with Crippen LogP contribution in [0.2, 0.25) is 5.02 Å². The molecule has 0 amide bonds. The predicted octanol–water partition coefficient (Wildman–Crippen LogP) is 6.96. The van der Waals surface area contributed by atoms with E-state index >= 15 is 0 Å². The fourth-order valence-electron chi connectivity index (χ4n) is 2.60. The van der Waals surface area contributed by atoms with Crippen LogP contribution in [-0.2, 0) is 18.5 Å². The molecule has 0 spiro atoms. The number of nitrogens with zero attached hydrogens (tertiary/aromatic N) is 2. The van der Waals surface area contributed by atoms with Crippen molar-refractivity contribution >= 4 is 34.4 Å². The Bertz CT molecular complexity index is 1100. The second kappa shape index (κ2) is 7.99. The van der Waals surface area contributed by atoms with Gasteiger partial charge in [-0.1, -0.05) is 11.6 Å². The molecule has 0 atom stereocenters. The number of alkyl halides is 9. The second-order valence-corrected chi connectivity index (χ2v) is 6.27. The molecule has 0 aliphatic rings. The zero-order valence-corrected chi connectivity index (χ0v) is 15.4. The smallest absolute Gasteiger partial charge is 0.349 e. The summed E-state index contributed by atoms with van der Waals surface area (Å²) in [5.41, 5.74) is -13.7. The summed E-state index contributed by atoms with van der Waals surface area (Å²) in [6.45, 7) is 0. The second-order valence-electron chi connectivity index (χ2n) is 5.86. The van der Waals surface area contributed by atoms with Crippen LogP contribution in [0, 0.1) is 20.2 Å². The molecule has 0 saturated heterocycles. The Morgan fingerprint density at radius 2 is 1.31 bits per heavy atom. The van der Waals surface area contributed by atoms with Crippen LogP contribution >= 0.6 is 11.6 Å². The van der Waals surface area contributed by atoms with Gasteiger partial charge >= 0.3 is 18.5 Å². The van der Waals surface area contributed by atoms with E-state index in [1.165, 1.54) is 5.32 Å². The molecular formula is C15H5ClF9N3O4. The number of nitro benzene ring substituents is 2. The van der Waals surface area contributed by atoms with Crippen molar-refractivity contribution in [2.75, 3.05) is 5.32 Å². The molecular weight excluding hydrogens is 493 g/mol. The van der Waals surface area contributed by atoms with Gasteiger partial charge in [-0.25, -0.2) is 0 Å². The maximum Gasteiger partial charge on any atom is 0.419 e. The maximum atomic E-state index is 13.4. The minimum absolute atomic E-state index is 0.00538. The lowest BCUT2D eigenvalue weighted by atomic mass is 10.0. The van der Waals surface area contributed by atoms with Crippen molar-refractivity contribution in [1.29, 1.82) is 0 Å². The molecule has 7 nitrogen and oxygen atoms in total. The monoisotopic (exact) mass is 497 g/mol. The van der Waals surface area contributed by atoms with Gasteiger partial charge in [0.15, 0.2) is 0 Å². The number of benzene rings is 2. The molecule has 2 rings (SSSR count). The lowest BCUT2D eigenvalue weighted by Gasteiger charge is -2.22. The van der Waals surface area contributed by atoms with Crippen LogP contribution in [0.5, 0.6) is 0 Å². The van der Waals surface area contributed by atoms with Gasteiger partial charge in [0.2, 0.25) is 0 Å². The van der Waals surface area contributed by atoms with Crippen molar-refractivity contribution in [3.05, 3.63) is 66.2 Å². The molecule has 2 aromatic rings. The SMILES string of the molecule is O=[N+]([O-])c1cc([N+](=O)[O-])c(Nc2ccc(Cl)c(C(F)(F)F)c2C(F)(F)F)c(C(F)(F)F)c1. The van der Waals surface area contributed by atoms with Gasteiger partial charge in [-0.2, -0.15) is 39.5 Å². The van der Waals surface area contributed by atoms with Gasteiger partial charge in [0, 0.05) is 6.07 Å². The standard InChI is InChI=1S/C15H5ClF9N3O4/c16-7-1-2-8(11(15(23,24)25)10(7)14(20,21)22)26-12-6(13(17,18)19)3-5(27(29)30)4-9(12)28(31)32/h1-4,26H. The summed E-state index contributed by atoms with van der Waals surface area (Å²) < 4.78 is 120. The highest BCUT2D eigenvalue weighted by molar-refractivity contribution is 6.31. The molecule has 0 bridgehead atoms. The van der Waals surface area contributed by atoms with E-state index < -0.39 is 72.8 Å². The summed E-state index contributed by atoms with van der Waals surface area (Å²) in [5.74, 6) is 0. The van der Waals surface area contributed by atoms with Gasteiger partial charge in [-0.3, -0.25) is 20.2 Å². The third-order valence-corrected chi connectivity index (χ3v) is 4.11. The van der Waals surface area contributed by atoms with Crippen LogP contribution in [0.1, 0.15) is 16.7 Å². The van der Waals surface area contributed by atoms with E-state index in [-0.39, 0.29) is 24.3 Å². The first-order chi connectivity index (χ1) is 14.4. The van der Waals surface area contributed by atoms with Crippen LogP contribution < -0.4 is 5.32 Å². The molecule has 32 heavy (non-hydrogen) atoms. The Balaban J connectivity index is 2.94. The summed E-state index contributed by atoms with van der Waals surface area (Å²) in [4.78, 5) is 19.0. The van der Waals surface area contributed by atoms with Gasteiger partial charge in [0.05, 0.1) is 43.3 Å². The van der Waals surface area contributed by atoms with Crippen LogP contribution in [0.25, 0.3) is 0 Å². The number of hydrogen-bond acceptors (Lipinski definition) is 5. The van der Waals surface area contributed by atoms with Crippen LogP contribution in [0.3, 0.4) is 0 Å². The van der Waals surface area contributed by atoms with E-state index in [1.54, 1.807) is 0 Å². The van der Waals surface area contributed by atoms with Gasteiger partial charge in [-0.15, -0.1) is 0 Å². The number of anilines is 2. The van der Waals surface area contributed by atoms with E-state index in [1.807, 2.05) is 0 Å². The average Bonchev–Trinajstić information content (AvgIpc) is 2.59.